The fourth-order valence-corrected chi connectivity index (χ4v) is 3.95. The van der Waals surface area contributed by atoms with Crippen molar-refractivity contribution in [3.8, 4) is 22.4 Å². The maximum atomic E-state index is 13.1. The number of nitrogens with one attached hydrogen (secondary N) is 1. The van der Waals surface area contributed by atoms with Crippen LogP contribution in [0.25, 0.3) is 28.0 Å². The van der Waals surface area contributed by atoms with E-state index in [1.54, 1.807) is 43.0 Å². The summed E-state index contributed by atoms with van der Waals surface area (Å²) >= 11 is 0. The molecule has 1 fully saturated rings. The molecule has 5 rings (SSSR count). The van der Waals surface area contributed by atoms with E-state index in [1.165, 1.54) is 4.90 Å². The van der Waals surface area contributed by atoms with Crippen molar-refractivity contribution in [1.82, 2.24) is 24.7 Å². The first-order valence-electron chi connectivity index (χ1n) is 10.9. The molecule has 1 aliphatic rings. The topological polar surface area (TPSA) is 75.4 Å². The zero-order chi connectivity index (χ0) is 25.5. The third kappa shape index (κ3) is 5.11. The van der Waals surface area contributed by atoms with Gasteiger partial charge in [-0.1, -0.05) is 18.2 Å². The van der Waals surface area contributed by atoms with Gasteiger partial charge in [-0.2, -0.15) is 13.2 Å². The minimum Gasteiger partial charge on any atom is -0.347 e. The van der Waals surface area contributed by atoms with Crippen LogP contribution < -0.4 is 10.2 Å². The molecular formula is C24H19F5N6O. The second-order valence-corrected chi connectivity index (χ2v) is 8.54. The lowest BCUT2D eigenvalue weighted by Crippen LogP contribution is -2.57. The van der Waals surface area contributed by atoms with Crippen LogP contribution in [-0.4, -0.2) is 57.0 Å². The lowest BCUT2D eigenvalue weighted by molar-refractivity contribution is -0.138. The number of anilines is 1. The van der Waals surface area contributed by atoms with E-state index in [0.29, 0.717) is 16.8 Å². The molecule has 4 heterocycles. The number of fused-ring (bicyclic) bond motifs is 1. The Bertz CT molecular complexity index is 1410. The first-order valence-corrected chi connectivity index (χ1v) is 10.9. The molecule has 0 aliphatic carbocycles. The van der Waals surface area contributed by atoms with Crippen LogP contribution in [0.3, 0.4) is 0 Å². The van der Waals surface area contributed by atoms with Gasteiger partial charge in [0.1, 0.15) is 12.2 Å². The monoisotopic (exact) mass is 502 g/mol. The van der Waals surface area contributed by atoms with Crippen LogP contribution in [0.1, 0.15) is 5.56 Å². The molecule has 1 N–H and O–H groups in total. The van der Waals surface area contributed by atoms with Crippen molar-refractivity contribution in [2.75, 3.05) is 24.5 Å². The highest BCUT2D eigenvalue weighted by Crippen LogP contribution is 2.30. The van der Waals surface area contributed by atoms with Gasteiger partial charge in [0, 0.05) is 29.7 Å². The number of halogens is 5. The van der Waals surface area contributed by atoms with Gasteiger partial charge < -0.3 is 10.2 Å². The summed E-state index contributed by atoms with van der Waals surface area (Å²) < 4.78 is 65.0. The predicted octanol–water partition coefficient (Wildman–Crippen LogP) is 4.13. The van der Waals surface area contributed by atoms with Crippen LogP contribution in [0.15, 0.2) is 61.2 Å². The third-order valence-corrected chi connectivity index (χ3v) is 5.69. The van der Waals surface area contributed by atoms with Crippen molar-refractivity contribution in [3.05, 3.63) is 66.7 Å². The van der Waals surface area contributed by atoms with Gasteiger partial charge in [-0.05, 0) is 29.3 Å². The molecule has 7 nitrogen and oxygen atoms in total. The van der Waals surface area contributed by atoms with E-state index in [1.807, 2.05) is 27.9 Å². The molecule has 0 unspecified atom stereocenters. The first-order chi connectivity index (χ1) is 17.1. The molecular weight excluding hydrogens is 483 g/mol. The third-order valence-electron chi connectivity index (χ3n) is 5.69. The van der Waals surface area contributed by atoms with Gasteiger partial charge in [0.25, 0.3) is 5.92 Å². The Balaban J connectivity index is 1.32. The summed E-state index contributed by atoms with van der Waals surface area (Å²) in [6, 6.07) is 10.6. The number of hydrogen-bond donors (Lipinski definition) is 1. The number of hydrogen-bond acceptors (Lipinski definition) is 5. The van der Waals surface area contributed by atoms with Crippen molar-refractivity contribution < 1.29 is 26.7 Å². The first kappa shape index (κ1) is 23.6. The molecule has 0 spiro atoms. The zero-order valence-corrected chi connectivity index (χ0v) is 18.6. The number of carbonyl (C=O) groups excluding carboxylic acids is 1. The van der Waals surface area contributed by atoms with Gasteiger partial charge in [-0.15, -0.1) is 0 Å². The number of imidazole rings is 1. The summed E-state index contributed by atoms with van der Waals surface area (Å²) in [5.41, 5.74) is 4.16. The number of aromatic nitrogens is 4. The van der Waals surface area contributed by atoms with Crippen LogP contribution in [0.4, 0.5) is 27.9 Å². The van der Waals surface area contributed by atoms with E-state index in [4.69, 9.17) is 0 Å². The van der Waals surface area contributed by atoms with Crippen molar-refractivity contribution in [2.24, 2.45) is 0 Å². The van der Waals surface area contributed by atoms with Gasteiger partial charge in [0.2, 0.25) is 11.9 Å². The molecule has 12 heteroatoms. The molecule has 3 aromatic heterocycles. The number of nitrogens with zero attached hydrogens (tertiary/aromatic N) is 5. The van der Waals surface area contributed by atoms with Gasteiger partial charge in [0.05, 0.1) is 31.4 Å². The molecule has 0 radical (unpaired) electrons. The molecule has 4 aromatic rings. The van der Waals surface area contributed by atoms with E-state index in [2.05, 4.69) is 15.0 Å². The SMILES string of the molecule is O=C(Cc1cccc(-c2cnc3cc(-c4cnc(N5CC(F)(F)C5)nc4)ccn23)c1)NCC(F)(F)F. The maximum absolute atomic E-state index is 13.1. The van der Waals surface area contributed by atoms with Crippen LogP contribution >= 0.6 is 0 Å². The van der Waals surface area contributed by atoms with Gasteiger partial charge in [0.15, 0.2) is 0 Å². The normalized spacial score (nSPS) is 15.1. The highest BCUT2D eigenvalue weighted by Gasteiger charge is 2.45. The van der Waals surface area contributed by atoms with Gasteiger partial charge in [-0.25, -0.2) is 23.7 Å². The van der Waals surface area contributed by atoms with Crippen LogP contribution in [-0.2, 0) is 11.2 Å². The number of benzene rings is 1. The average Bonchev–Trinajstić information content (AvgIpc) is 3.24. The molecule has 186 valence electrons. The Morgan fingerprint density at radius 3 is 2.42 bits per heavy atom. The second kappa shape index (κ2) is 8.85. The van der Waals surface area contributed by atoms with E-state index < -0.39 is 37.6 Å². The van der Waals surface area contributed by atoms with Crippen molar-refractivity contribution in [3.63, 3.8) is 0 Å². The summed E-state index contributed by atoms with van der Waals surface area (Å²) in [5, 5.41) is 1.87. The smallest absolute Gasteiger partial charge is 0.347 e. The summed E-state index contributed by atoms with van der Waals surface area (Å²) in [4.78, 5) is 26.1. The summed E-state index contributed by atoms with van der Waals surface area (Å²) in [6.07, 6.45) is 1.96. The quantitative estimate of drug-likeness (QED) is 0.402. The molecule has 0 bridgehead atoms. The maximum Gasteiger partial charge on any atom is 0.405 e. The van der Waals surface area contributed by atoms with Crippen LogP contribution in [0.5, 0.6) is 0 Å². The Hall–Kier alpha value is -4.09. The average molecular weight is 502 g/mol. The molecule has 1 aliphatic heterocycles. The van der Waals surface area contributed by atoms with Crippen molar-refractivity contribution >= 4 is 17.5 Å². The number of pyridine rings is 1. The predicted molar refractivity (Wildman–Crippen MR) is 122 cm³/mol. The lowest BCUT2D eigenvalue weighted by Gasteiger charge is -2.38. The minimum atomic E-state index is -4.46. The minimum absolute atomic E-state index is 0.185. The van der Waals surface area contributed by atoms with Gasteiger partial charge >= 0.3 is 6.18 Å². The van der Waals surface area contributed by atoms with Crippen molar-refractivity contribution in [1.29, 1.82) is 0 Å². The number of alkyl halides is 5. The van der Waals surface area contributed by atoms with Gasteiger partial charge in [-0.3, -0.25) is 9.20 Å². The van der Waals surface area contributed by atoms with E-state index >= 15 is 0 Å². The van der Waals surface area contributed by atoms with Crippen LogP contribution in [0, 0.1) is 0 Å². The van der Waals surface area contributed by atoms with Crippen molar-refractivity contribution in [2.45, 2.75) is 18.5 Å². The molecule has 0 atom stereocenters. The second-order valence-electron chi connectivity index (χ2n) is 8.54. The standard InChI is InChI=1S/C24H19F5N6O/c25-23(26)13-34(14-23)22-31-9-18(10-32-22)16-4-5-35-19(11-30-20(35)8-16)17-3-1-2-15(6-17)7-21(36)33-12-24(27,28)29/h1-6,8-11H,7,12-14H2,(H,33,36). The Labute approximate surface area is 201 Å². The van der Waals surface area contributed by atoms with E-state index in [-0.39, 0.29) is 12.4 Å². The van der Waals surface area contributed by atoms with Crippen LogP contribution in [0.2, 0.25) is 0 Å². The van der Waals surface area contributed by atoms with E-state index in [9.17, 15) is 26.7 Å². The Morgan fingerprint density at radius 1 is 0.972 bits per heavy atom. The molecule has 1 amide bonds. The highest BCUT2D eigenvalue weighted by atomic mass is 19.4. The fourth-order valence-electron chi connectivity index (χ4n) is 3.95. The highest BCUT2D eigenvalue weighted by molar-refractivity contribution is 5.79. The summed E-state index contributed by atoms with van der Waals surface area (Å²) in [5.74, 6) is -3.17. The molecule has 1 aromatic carbocycles. The summed E-state index contributed by atoms with van der Waals surface area (Å²) in [6.45, 7) is -2.16. The fraction of sp³-hybridized carbons (Fsp3) is 0.250. The summed E-state index contributed by atoms with van der Waals surface area (Å²) in [7, 11) is 0. The molecule has 36 heavy (non-hydrogen) atoms. The number of carbonyl (C=O) groups is 1. The molecule has 1 saturated heterocycles. The Morgan fingerprint density at radius 2 is 1.72 bits per heavy atom. The zero-order valence-electron chi connectivity index (χ0n) is 18.6. The lowest BCUT2D eigenvalue weighted by atomic mass is 10.1. The van der Waals surface area contributed by atoms with E-state index in [0.717, 1.165) is 16.8 Å². The Kier molecular flexibility index (Phi) is 5.81. The largest absolute Gasteiger partial charge is 0.405 e. The number of rotatable bonds is 6. The number of amides is 1. The molecule has 0 saturated carbocycles.